The molecule has 1 rings (SSSR count). The van der Waals surface area contributed by atoms with Crippen molar-refractivity contribution in [3.05, 3.63) is 35.4 Å². The van der Waals surface area contributed by atoms with Crippen LogP contribution in [-0.4, -0.2) is 23.1 Å². The number of carbonyl (C=O) groups excluding carboxylic acids is 1. The smallest absolute Gasteiger partial charge is 0.338 e. The Kier molecular flexibility index (Phi) is 12.3. The van der Waals surface area contributed by atoms with Gasteiger partial charge in [-0.3, -0.25) is 0 Å². The molecule has 1 aromatic carbocycles. The second-order valence-corrected chi connectivity index (χ2v) is 8.15. The maximum absolute atomic E-state index is 12.5. The summed E-state index contributed by atoms with van der Waals surface area (Å²) in [7, 11) is 0. The van der Waals surface area contributed by atoms with E-state index < -0.39 is 11.9 Å². The van der Waals surface area contributed by atoms with E-state index in [0.717, 1.165) is 38.0 Å². The van der Waals surface area contributed by atoms with Crippen molar-refractivity contribution in [1.82, 2.24) is 0 Å². The number of hydrogen-bond acceptors (Lipinski definition) is 3. The zero-order chi connectivity index (χ0) is 20.8. The lowest BCUT2D eigenvalue weighted by Gasteiger charge is -2.18. The van der Waals surface area contributed by atoms with Crippen LogP contribution in [0.3, 0.4) is 0 Å². The Balaban J connectivity index is 2.54. The molecule has 0 radical (unpaired) electrons. The Morgan fingerprint density at radius 3 is 2.04 bits per heavy atom. The molecule has 1 atom stereocenters. The molecule has 0 aliphatic carbocycles. The van der Waals surface area contributed by atoms with E-state index in [1.54, 1.807) is 12.1 Å². The van der Waals surface area contributed by atoms with Crippen molar-refractivity contribution < 1.29 is 19.4 Å². The SMILES string of the molecule is CCCCCCC(CCCCCCC(C)C)OC(=O)c1cccc(C(=O)O)c1. The fourth-order valence-corrected chi connectivity index (χ4v) is 3.34. The third kappa shape index (κ3) is 10.5. The summed E-state index contributed by atoms with van der Waals surface area (Å²) in [5, 5.41) is 9.11. The van der Waals surface area contributed by atoms with Gasteiger partial charge < -0.3 is 9.84 Å². The van der Waals surface area contributed by atoms with Crippen molar-refractivity contribution in [3.63, 3.8) is 0 Å². The van der Waals surface area contributed by atoms with Crippen LogP contribution in [0, 0.1) is 5.92 Å². The van der Waals surface area contributed by atoms with E-state index in [4.69, 9.17) is 9.84 Å². The van der Waals surface area contributed by atoms with E-state index in [-0.39, 0.29) is 11.7 Å². The summed E-state index contributed by atoms with van der Waals surface area (Å²) in [6, 6.07) is 6.09. The first kappa shape index (κ1) is 24.2. The first-order chi connectivity index (χ1) is 13.4. The molecule has 0 spiro atoms. The van der Waals surface area contributed by atoms with Crippen molar-refractivity contribution in [3.8, 4) is 0 Å². The number of carboxylic acids is 1. The molecule has 0 fully saturated rings. The maximum atomic E-state index is 12.5. The van der Waals surface area contributed by atoms with Gasteiger partial charge in [0.1, 0.15) is 6.10 Å². The predicted octanol–water partition coefficient (Wildman–Crippen LogP) is 6.88. The number of hydrogen-bond donors (Lipinski definition) is 1. The van der Waals surface area contributed by atoms with Crippen LogP contribution in [0.2, 0.25) is 0 Å². The summed E-state index contributed by atoms with van der Waals surface area (Å²) in [6.07, 6.45) is 12.3. The van der Waals surface area contributed by atoms with Crippen LogP contribution in [0.1, 0.15) is 112 Å². The van der Waals surface area contributed by atoms with Crippen molar-refractivity contribution in [2.24, 2.45) is 5.92 Å². The second-order valence-electron chi connectivity index (χ2n) is 8.15. The van der Waals surface area contributed by atoms with Gasteiger partial charge in [-0.1, -0.05) is 71.8 Å². The van der Waals surface area contributed by atoms with Gasteiger partial charge in [0, 0.05) is 0 Å². The van der Waals surface area contributed by atoms with Gasteiger partial charge in [-0.05, 0) is 49.8 Å². The Hall–Kier alpha value is -1.84. The summed E-state index contributed by atoms with van der Waals surface area (Å²) >= 11 is 0. The summed E-state index contributed by atoms with van der Waals surface area (Å²) < 4.78 is 5.76. The highest BCUT2D eigenvalue weighted by atomic mass is 16.5. The van der Waals surface area contributed by atoms with Gasteiger partial charge in [0.25, 0.3) is 0 Å². The molecule has 4 heteroatoms. The standard InChI is InChI=1S/C24H38O4/c1-4-5-6-10-16-22(17-11-8-7-9-13-19(2)3)28-24(27)21-15-12-14-20(18-21)23(25)26/h12,14-15,18-19,22H,4-11,13,16-17H2,1-3H3,(H,25,26). The van der Waals surface area contributed by atoms with Crippen molar-refractivity contribution in [2.75, 3.05) is 0 Å². The van der Waals surface area contributed by atoms with Crippen molar-refractivity contribution in [1.29, 1.82) is 0 Å². The van der Waals surface area contributed by atoms with Crippen molar-refractivity contribution in [2.45, 2.75) is 97.5 Å². The van der Waals surface area contributed by atoms with E-state index in [0.29, 0.717) is 5.56 Å². The lowest BCUT2D eigenvalue weighted by atomic mass is 10.0. The topological polar surface area (TPSA) is 63.6 Å². The van der Waals surface area contributed by atoms with Gasteiger partial charge in [-0.15, -0.1) is 0 Å². The third-order valence-electron chi connectivity index (χ3n) is 5.06. The molecule has 158 valence electrons. The molecule has 1 aromatic rings. The van der Waals surface area contributed by atoms with Gasteiger partial charge >= 0.3 is 11.9 Å². The first-order valence-corrected chi connectivity index (χ1v) is 11.0. The number of carboxylic acid groups (broad SMARTS) is 1. The molecule has 0 aliphatic heterocycles. The minimum Gasteiger partial charge on any atom is -0.478 e. The van der Waals surface area contributed by atoms with Gasteiger partial charge in [0.2, 0.25) is 0 Å². The normalized spacial score (nSPS) is 12.1. The number of carbonyl (C=O) groups is 2. The molecule has 0 saturated heterocycles. The van der Waals surface area contributed by atoms with Gasteiger partial charge in [-0.25, -0.2) is 9.59 Å². The zero-order valence-corrected chi connectivity index (χ0v) is 17.9. The number of rotatable bonds is 15. The van der Waals surface area contributed by atoms with Gasteiger partial charge in [0.05, 0.1) is 11.1 Å². The van der Waals surface area contributed by atoms with Crippen LogP contribution in [0.15, 0.2) is 24.3 Å². The number of esters is 1. The third-order valence-corrected chi connectivity index (χ3v) is 5.06. The number of aromatic carboxylic acids is 1. The number of benzene rings is 1. The quantitative estimate of drug-likeness (QED) is 0.262. The summed E-state index contributed by atoms with van der Waals surface area (Å²) in [5.41, 5.74) is 0.425. The van der Waals surface area contributed by atoms with Gasteiger partial charge in [-0.2, -0.15) is 0 Å². The second kappa shape index (κ2) is 14.2. The lowest BCUT2D eigenvalue weighted by Crippen LogP contribution is -2.19. The van der Waals surface area contributed by atoms with E-state index in [1.165, 1.54) is 50.7 Å². The average molecular weight is 391 g/mol. The van der Waals surface area contributed by atoms with Crippen LogP contribution in [-0.2, 0) is 4.74 Å². The molecule has 0 aromatic heterocycles. The minimum atomic E-state index is -1.04. The Bertz CT molecular complexity index is 580. The monoisotopic (exact) mass is 390 g/mol. The van der Waals surface area contributed by atoms with E-state index in [9.17, 15) is 9.59 Å². The molecular formula is C24H38O4. The fraction of sp³-hybridized carbons (Fsp3) is 0.667. The summed E-state index contributed by atoms with van der Waals surface area (Å²) in [6.45, 7) is 6.69. The summed E-state index contributed by atoms with van der Waals surface area (Å²) in [5.74, 6) is -0.690. The number of unbranched alkanes of at least 4 members (excludes halogenated alkanes) is 6. The van der Waals surface area contributed by atoms with Gasteiger partial charge in [0.15, 0.2) is 0 Å². The van der Waals surface area contributed by atoms with Crippen LogP contribution in [0.25, 0.3) is 0 Å². The Morgan fingerprint density at radius 1 is 0.893 bits per heavy atom. The Morgan fingerprint density at radius 2 is 1.46 bits per heavy atom. The summed E-state index contributed by atoms with van der Waals surface area (Å²) in [4.78, 5) is 23.6. The molecule has 0 amide bonds. The lowest BCUT2D eigenvalue weighted by molar-refractivity contribution is 0.0249. The van der Waals surface area contributed by atoms with Crippen LogP contribution in [0.4, 0.5) is 0 Å². The minimum absolute atomic E-state index is 0.0806. The van der Waals surface area contributed by atoms with Crippen LogP contribution < -0.4 is 0 Å². The highest BCUT2D eigenvalue weighted by Gasteiger charge is 2.17. The molecule has 0 saturated carbocycles. The van der Waals surface area contributed by atoms with Crippen molar-refractivity contribution >= 4 is 11.9 Å². The van der Waals surface area contributed by atoms with E-state index >= 15 is 0 Å². The fourth-order valence-electron chi connectivity index (χ4n) is 3.34. The average Bonchev–Trinajstić information content (AvgIpc) is 2.67. The van der Waals surface area contributed by atoms with E-state index in [2.05, 4.69) is 20.8 Å². The first-order valence-electron chi connectivity index (χ1n) is 11.0. The molecule has 4 nitrogen and oxygen atoms in total. The highest BCUT2D eigenvalue weighted by molar-refractivity contribution is 5.94. The molecule has 28 heavy (non-hydrogen) atoms. The molecule has 0 aliphatic rings. The maximum Gasteiger partial charge on any atom is 0.338 e. The zero-order valence-electron chi connectivity index (χ0n) is 17.9. The highest BCUT2D eigenvalue weighted by Crippen LogP contribution is 2.18. The predicted molar refractivity (Wildman–Crippen MR) is 114 cm³/mol. The molecule has 0 bridgehead atoms. The molecule has 1 unspecified atom stereocenters. The van der Waals surface area contributed by atoms with Crippen LogP contribution >= 0.6 is 0 Å². The molecular weight excluding hydrogens is 352 g/mol. The number of ether oxygens (including phenoxy) is 1. The van der Waals surface area contributed by atoms with E-state index in [1.807, 2.05) is 0 Å². The molecule has 0 heterocycles. The van der Waals surface area contributed by atoms with Crippen LogP contribution in [0.5, 0.6) is 0 Å². The Labute approximate surface area is 170 Å². The molecule has 1 N–H and O–H groups in total. The largest absolute Gasteiger partial charge is 0.478 e.